The number of aromatic nitrogens is 3. The lowest BCUT2D eigenvalue weighted by atomic mass is 9.78. The molecule has 1 saturated heterocycles. The monoisotopic (exact) mass is 628 g/mol. The molecule has 0 aliphatic carbocycles. The first-order chi connectivity index (χ1) is 20.4. The fraction of sp³-hybridized carbons (Fsp3) is 0.500. The molecule has 0 bridgehead atoms. The van der Waals surface area contributed by atoms with E-state index in [1.165, 1.54) is 27.8 Å². The van der Waals surface area contributed by atoms with Gasteiger partial charge in [-0.25, -0.2) is 14.8 Å². The standard InChI is InChI=1S/C30H37ClN6O5S/c1-30(2,3)25-12-18(37(29(40)41)16-22-20(31)14-24-28(33-22)34(4)27(39)17-43-24)8-9-35(25)10-11-36-23-13-19(42-5)6-7-21(23)32-15-26(36)38/h6-7,13-15,18,25H,8-12,16-17H2,1-5H3,(H,40,41). The Morgan fingerprint density at radius 1 is 1.23 bits per heavy atom. The van der Waals surface area contributed by atoms with Crippen LogP contribution in [0, 0.1) is 5.41 Å². The molecule has 2 amide bonds. The summed E-state index contributed by atoms with van der Waals surface area (Å²) in [6.45, 7) is 8.24. The lowest BCUT2D eigenvalue weighted by molar-refractivity contribution is -0.116. The summed E-state index contributed by atoms with van der Waals surface area (Å²) < 4.78 is 7.10. The Hall–Kier alpha value is -3.35. The molecule has 0 saturated carbocycles. The number of benzene rings is 1. The van der Waals surface area contributed by atoms with E-state index in [0.29, 0.717) is 71.5 Å². The molecule has 3 aromatic rings. The molecule has 2 aliphatic rings. The third-order valence-electron chi connectivity index (χ3n) is 8.39. The molecular formula is C30H37ClN6O5S. The van der Waals surface area contributed by atoms with Crippen LogP contribution < -0.4 is 15.2 Å². The van der Waals surface area contributed by atoms with Gasteiger partial charge in [0.15, 0.2) is 0 Å². The van der Waals surface area contributed by atoms with Gasteiger partial charge in [-0.3, -0.25) is 24.3 Å². The van der Waals surface area contributed by atoms with Crippen molar-refractivity contribution in [2.24, 2.45) is 5.41 Å². The first-order valence-corrected chi connectivity index (χ1v) is 15.6. The molecule has 0 radical (unpaired) electrons. The summed E-state index contributed by atoms with van der Waals surface area (Å²) in [5.41, 5.74) is 1.52. The summed E-state index contributed by atoms with van der Waals surface area (Å²) in [4.78, 5) is 52.7. The summed E-state index contributed by atoms with van der Waals surface area (Å²) in [5, 5.41) is 10.7. The van der Waals surface area contributed by atoms with E-state index in [0.717, 1.165) is 4.90 Å². The van der Waals surface area contributed by atoms with E-state index >= 15 is 0 Å². The average Bonchev–Trinajstić information content (AvgIpc) is 2.97. The number of anilines is 1. The molecule has 11 nitrogen and oxygen atoms in total. The molecule has 2 aliphatic heterocycles. The third kappa shape index (κ3) is 6.46. The highest BCUT2D eigenvalue weighted by Gasteiger charge is 2.39. The first-order valence-electron chi connectivity index (χ1n) is 14.2. The molecule has 13 heteroatoms. The number of hydrogen-bond acceptors (Lipinski definition) is 8. The number of nitrogens with zero attached hydrogens (tertiary/aromatic N) is 6. The largest absolute Gasteiger partial charge is 0.497 e. The Morgan fingerprint density at radius 3 is 2.70 bits per heavy atom. The number of rotatable bonds is 7. The zero-order valence-electron chi connectivity index (χ0n) is 25.0. The van der Waals surface area contributed by atoms with E-state index < -0.39 is 6.09 Å². The number of likely N-dealkylation sites (tertiary alicyclic amines) is 1. The Labute approximate surface area is 259 Å². The summed E-state index contributed by atoms with van der Waals surface area (Å²) in [6, 6.07) is 7.06. The van der Waals surface area contributed by atoms with Gasteiger partial charge in [-0.2, -0.15) is 0 Å². The number of halogens is 1. The van der Waals surface area contributed by atoms with Crippen molar-refractivity contribution in [2.75, 3.05) is 37.9 Å². The number of hydrogen-bond donors (Lipinski definition) is 1. The van der Waals surface area contributed by atoms with Crippen molar-refractivity contribution >= 4 is 52.2 Å². The van der Waals surface area contributed by atoms with Crippen molar-refractivity contribution in [3.8, 4) is 5.75 Å². The SMILES string of the molecule is COc1ccc2ncc(=O)n(CCN3CCC(N(Cc4nc5c(cc4Cl)SCC(=O)N5C)C(=O)O)CC3C(C)(C)C)c2c1. The van der Waals surface area contributed by atoms with Gasteiger partial charge in [-0.1, -0.05) is 32.4 Å². The summed E-state index contributed by atoms with van der Waals surface area (Å²) in [6.07, 6.45) is 1.55. The number of methoxy groups -OCH3 is 1. The van der Waals surface area contributed by atoms with Crippen molar-refractivity contribution in [1.82, 2.24) is 24.3 Å². The molecule has 4 heterocycles. The molecule has 230 valence electrons. The maximum atomic E-state index is 12.9. The normalized spacial score (nSPS) is 19.4. The van der Waals surface area contributed by atoms with Crippen LogP contribution in [0.2, 0.25) is 5.02 Å². The predicted molar refractivity (Wildman–Crippen MR) is 167 cm³/mol. The van der Waals surface area contributed by atoms with Crippen molar-refractivity contribution in [2.45, 2.75) is 63.7 Å². The number of ether oxygens (including phenoxy) is 1. The van der Waals surface area contributed by atoms with E-state index in [-0.39, 0.29) is 35.5 Å². The Bertz CT molecular complexity index is 1610. The van der Waals surface area contributed by atoms with Crippen LogP contribution in [-0.2, 0) is 17.9 Å². The van der Waals surface area contributed by atoms with Gasteiger partial charge in [0.25, 0.3) is 5.56 Å². The van der Waals surface area contributed by atoms with Crippen LogP contribution in [-0.4, -0.2) is 86.5 Å². The van der Waals surface area contributed by atoms with E-state index in [9.17, 15) is 19.5 Å². The molecule has 2 atom stereocenters. The maximum absolute atomic E-state index is 12.9. The van der Waals surface area contributed by atoms with E-state index in [1.807, 2.05) is 18.2 Å². The minimum Gasteiger partial charge on any atom is -0.497 e. The van der Waals surface area contributed by atoms with Gasteiger partial charge in [-0.15, -0.1) is 11.8 Å². The zero-order valence-corrected chi connectivity index (χ0v) is 26.6. The predicted octanol–water partition coefficient (Wildman–Crippen LogP) is 4.58. The van der Waals surface area contributed by atoms with Crippen LogP contribution >= 0.6 is 23.4 Å². The lowest BCUT2D eigenvalue weighted by Crippen LogP contribution is -2.56. The minimum atomic E-state index is -1.04. The van der Waals surface area contributed by atoms with Gasteiger partial charge in [0.1, 0.15) is 11.6 Å². The Morgan fingerprint density at radius 2 is 2.00 bits per heavy atom. The molecular weight excluding hydrogens is 592 g/mol. The Kier molecular flexibility index (Phi) is 8.92. The number of carbonyl (C=O) groups is 2. The lowest BCUT2D eigenvalue weighted by Gasteiger charge is -2.48. The second kappa shape index (κ2) is 12.3. The molecule has 0 spiro atoms. The van der Waals surface area contributed by atoms with Gasteiger partial charge in [-0.05, 0) is 36.5 Å². The smallest absolute Gasteiger partial charge is 0.407 e. The highest BCUT2D eigenvalue weighted by Crippen LogP contribution is 2.38. The topological polar surface area (TPSA) is 121 Å². The number of amides is 2. The van der Waals surface area contributed by atoms with E-state index in [4.69, 9.17) is 16.3 Å². The number of piperidine rings is 1. The summed E-state index contributed by atoms with van der Waals surface area (Å²) >= 11 is 7.96. The fourth-order valence-corrected chi connectivity index (χ4v) is 7.26. The Balaban J connectivity index is 1.36. The second-order valence-electron chi connectivity index (χ2n) is 12.1. The van der Waals surface area contributed by atoms with Gasteiger partial charge in [0.05, 0.1) is 52.2 Å². The zero-order chi connectivity index (χ0) is 31.1. The first kappa shape index (κ1) is 31.1. The number of pyridine rings is 1. The molecule has 2 unspecified atom stereocenters. The van der Waals surface area contributed by atoms with Crippen LogP contribution in [0.25, 0.3) is 11.0 Å². The van der Waals surface area contributed by atoms with Gasteiger partial charge >= 0.3 is 6.09 Å². The third-order valence-corrected chi connectivity index (χ3v) is 9.72. The molecule has 1 fully saturated rings. The number of carboxylic acid groups (broad SMARTS) is 1. The van der Waals surface area contributed by atoms with Crippen LogP contribution in [0.4, 0.5) is 10.6 Å². The molecule has 43 heavy (non-hydrogen) atoms. The summed E-state index contributed by atoms with van der Waals surface area (Å²) in [7, 11) is 3.26. The van der Waals surface area contributed by atoms with Crippen molar-refractivity contribution in [1.29, 1.82) is 0 Å². The minimum absolute atomic E-state index is 0.0237. The van der Waals surface area contributed by atoms with E-state index in [2.05, 4.69) is 35.6 Å². The summed E-state index contributed by atoms with van der Waals surface area (Å²) in [5.74, 6) is 1.41. The molecule has 5 rings (SSSR count). The number of carbonyl (C=O) groups excluding carboxylic acids is 1. The van der Waals surface area contributed by atoms with Crippen LogP contribution in [0.3, 0.4) is 0 Å². The van der Waals surface area contributed by atoms with Crippen molar-refractivity contribution in [3.63, 3.8) is 0 Å². The average molecular weight is 629 g/mol. The maximum Gasteiger partial charge on any atom is 0.407 e. The van der Waals surface area contributed by atoms with Gasteiger partial charge in [0, 0.05) is 44.8 Å². The highest BCUT2D eigenvalue weighted by atomic mass is 35.5. The van der Waals surface area contributed by atoms with Crippen LogP contribution in [0.5, 0.6) is 5.75 Å². The van der Waals surface area contributed by atoms with Crippen LogP contribution in [0.1, 0.15) is 39.3 Å². The second-order valence-corrected chi connectivity index (χ2v) is 13.5. The highest BCUT2D eigenvalue weighted by molar-refractivity contribution is 8.00. The van der Waals surface area contributed by atoms with Crippen LogP contribution in [0.15, 0.2) is 40.2 Å². The number of fused-ring (bicyclic) bond motifs is 2. The fourth-order valence-electron chi connectivity index (χ4n) is 6.00. The van der Waals surface area contributed by atoms with Gasteiger partial charge in [0.2, 0.25) is 5.91 Å². The van der Waals surface area contributed by atoms with Gasteiger partial charge < -0.3 is 14.4 Å². The number of thioether (sulfide) groups is 1. The molecule has 1 N–H and O–H groups in total. The van der Waals surface area contributed by atoms with Crippen molar-refractivity contribution in [3.05, 3.63) is 51.5 Å². The molecule has 2 aromatic heterocycles. The van der Waals surface area contributed by atoms with Crippen molar-refractivity contribution < 1.29 is 19.4 Å². The van der Waals surface area contributed by atoms with E-state index in [1.54, 1.807) is 24.8 Å². The quantitative estimate of drug-likeness (QED) is 0.401. The molecule has 1 aromatic carbocycles.